The Balaban J connectivity index is 0.00000225. The van der Waals surface area contributed by atoms with Gasteiger partial charge in [0.15, 0.2) is 0 Å². The van der Waals surface area contributed by atoms with Crippen molar-refractivity contribution in [2.75, 3.05) is 25.4 Å². The van der Waals surface area contributed by atoms with Crippen molar-refractivity contribution >= 4 is 22.4 Å². The van der Waals surface area contributed by atoms with Gasteiger partial charge in [-0.1, -0.05) is 26.2 Å². The van der Waals surface area contributed by atoms with E-state index in [-0.39, 0.29) is 12.4 Å². The van der Waals surface area contributed by atoms with Crippen molar-refractivity contribution in [3.8, 4) is 0 Å². The first-order valence-electron chi connectivity index (χ1n) is 5.82. The van der Waals surface area contributed by atoms with Crippen LogP contribution in [-0.2, 0) is 10.0 Å². The molecule has 1 rings (SSSR count). The van der Waals surface area contributed by atoms with Crippen LogP contribution in [0.5, 0.6) is 0 Å². The van der Waals surface area contributed by atoms with E-state index >= 15 is 0 Å². The molecule has 98 valence electrons. The van der Waals surface area contributed by atoms with Crippen molar-refractivity contribution in [2.24, 2.45) is 5.92 Å². The summed E-state index contributed by atoms with van der Waals surface area (Å²) in [4.78, 5) is 0. The summed E-state index contributed by atoms with van der Waals surface area (Å²) in [5, 5.41) is 3.08. The van der Waals surface area contributed by atoms with Crippen molar-refractivity contribution < 1.29 is 8.42 Å². The van der Waals surface area contributed by atoms with Gasteiger partial charge in [-0.05, 0) is 18.9 Å². The number of hydrogen-bond acceptors (Lipinski definition) is 3. The average molecular weight is 271 g/mol. The Hall–Kier alpha value is 0.160. The smallest absolute Gasteiger partial charge is 0.211 e. The summed E-state index contributed by atoms with van der Waals surface area (Å²) >= 11 is 0. The third kappa shape index (κ3) is 6.68. The first kappa shape index (κ1) is 16.2. The van der Waals surface area contributed by atoms with E-state index in [2.05, 4.69) is 10.0 Å². The van der Waals surface area contributed by atoms with Crippen molar-refractivity contribution in [1.29, 1.82) is 0 Å². The Morgan fingerprint density at radius 3 is 2.44 bits per heavy atom. The van der Waals surface area contributed by atoms with E-state index in [9.17, 15) is 8.42 Å². The predicted molar refractivity (Wildman–Crippen MR) is 69.5 cm³/mol. The van der Waals surface area contributed by atoms with Crippen LogP contribution in [0, 0.1) is 5.92 Å². The van der Waals surface area contributed by atoms with E-state index in [1.807, 2.05) is 6.92 Å². The van der Waals surface area contributed by atoms with E-state index < -0.39 is 10.0 Å². The molecule has 0 heterocycles. The maximum atomic E-state index is 11.5. The summed E-state index contributed by atoms with van der Waals surface area (Å²) in [5.41, 5.74) is 0. The van der Waals surface area contributed by atoms with Crippen LogP contribution >= 0.6 is 12.4 Å². The molecular formula is C10H23ClN2O2S. The Bertz CT molecular complexity index is 266. The number of likely N-dealkylation sites (N-methyl/N-ethyl adjacent to an activating group) is 1. The lowest BCUT2D eigenvalue weighted by Crippen LogP contribution is -2.34. The quantitative estimate of drug-likeness (QED) is 0.650. The van der Waals surface area contributed by atoms with Crippen LogP contribution in [0.25, 0.3) is 0 Å². The Morgan fingerprint density at radius 2 is 1.94 bits per heavy atom. The van der Waals surface area contributed by atoms with Gasteiger partial charge in [-0.25, -0.2) is 13.1 Å². The van der Waals surface area contributed by atoms with Gasteiger partial charge >= 0.3 is 0 Å². The van der Waals surface area contributed by atoms with Crippen molar-refractivity contribution in [3.63, 3.8) is 0 Å². The van der Waals surface area contributed by atoms with Crippen molar-refractivity contribution in [3.05, 3.63) is 0 Å². The largest absolute Gasteiger partial charge is 0.316 e. The van der Waals surface area contributed by atoms with Crippen LogP contribution in [0.1, 0.15) is 32.6 Å². The maximum absolute atomic E-state index is 11.5. The van der Waals surface area contributed by atoms with Crippen LogP contribution in [0.15, 0.2) is 0 Å². The highest BCUT2D eigenvalue weighted by Crippen LogP contribution is 2.29. The normalized spacial score (nSPS) is 16.6. The summed E-state index contributed by atoms with van der Waals surface area (Å²) in [6, 6.07) is 0. The average Bonchev–Trinajstić information content (AvgIpc) is 2.10. The van der Waals surface area contributed by atoms with Crippen molar-refractivity contribution in [2.45, 2.75) is 32.6 Å². The Labute approximate surface area is 105 Å². The SMILES string of the molecule is CCNCCNS(=O)(=O)CCC1CCC1.Cl. The van der Waals surface area contributed by atoms with Crippen LogP contribution in [0.2, 0.25) is 0 Å². The molecule has 1 saturated carbocycles. The number of hydrogen-bond donors (Lipinski definition) is 2. The first-order chi connectivity index (χ1) is 7.14. The highest BCUT2D eigenvalue weighted by atomic mass is 35.5. The number of sulfonamides is 1. The monoisotopic (exact) mass is 270 g/mol. The maximum Gasteiger partial charge on any atom is 0.211 e. The van der Waals surface area contributed by atoms with E-state index in [0.29, 0.717) is 24.8 Å². The lowest BCUT2D eigenvalue weighted by Gasteiger charge is -2.24. The van der Waals surface area contributed by atoms with Crippen LogP contribution in [0.4, 0.5) is 0 Å². The second kappa shape index (κ2) is 8.28. The minimum absolute atomic E-state index is 0. The van der Waals surface area contributed by atoms with E-state index in [1.165, 1.54) is 19.3 Å². The highest BCUT2D eigenvalue weighted by molar-refractivity contribution is 7.89. The fraction of sp³-hybridized carbons (Fsp3) is 1.00. The van der Waals surface area contributed by atoms with Gasteiger partial charge in [0.05, 0.1) is 5.75 Å². The number of halogens is 1. The molecule has 0 radical (unpaired) electrons. The third-order valence-corrected chi connectivity index (χ3v) is 4.31. The highest BCUT2D eigenvalue weighted by Gasteiger charge is 2.20. The summed E-state index contributed by atoms with van der Waals surface area (Å²) in [7, 11) is -3.02. The zero-order valence-corrected chi connectivity index (χ0v) is 11.5. The molecule has 16 heavy (non-hydrogen) atoms. The molecule has 0 aliphatic heterocycles. The first-order valence-corrected chi connectivity index (χ1v) is 7.47. The molecular weight excluding hydrogens is 248 g/mol. The lowest BCUT2D eigenvalue weighted by atomic mass is 9.84. The molecule has 2 N–H and O–H groups in total. The molecule has 0 unspecified atom stereocenters. The standard InChI is InChI=1S/C10H22N2O2S.ClH/c1-2-11-7-8-12-15(13,14)9-6-10-4-3-5-10;/h10-12H,2-9H2,1H3;1H. The second-order valence-corrected chi connectivity index (χ2v) is 6.08. The molecule has 1 aliphatic carbocycles. The molecule has 0 spiro atoms. The van der Waals surface area contributed by atoms with Gasteiger partial charge in [0.2, 0.25) is 10.0 Å². The summed E-state index contributed by atoms with van der Waals surface area (Å²) in [6.45, 7) is 4.09. The van der Waals surface area contributed by atoms with Crippen LogP contribution in [-0.4, -0.2) is 33.8 Å². The van der Waals surface area contributed by atoms with Gasteiger partial charge in [-0.2, -0.15) is 0 Å². The molecule has 0 aromatic heterocycles. The minimum atomic E-state index is -3.02. The van der Waals surface area contributed by atoms with Crippen LogP contribution in [0.3, 0.4) is 0 Å². The van der Waals surface area contributed by atoms with Gasteiger partial charge in [0.1, 0.15) is 0 Å². The summed E-state index contributed by atoms with van der Waals surface area (Å²) < 4.78 is 25.6. The summed E-state index contributed by atoms with van der Waals surface area (Å²) in [5.74, 6) is 0.958. The zero-order valence-electron chi connectivity index (χ0n) is 9.87. The molecule has 6 heteroatoms. The van der Waals surface area contributed by atoms with Gasteiger partial charge in [0.25, 0.3) is 0 Å². The molecule has 0 aromatic carbocycles. The third-order valence-electron chi connectivity index (χ3n) is 2.89. The fourth-order valence-electron chi connectivity index (χ4n) is 1.65. The predicted octanol–water partition coefficient (Wildman–Crippen LogP) is 1.13. The number of nitrogens with one attached hydrogen (secondary N) is 2. The lowest BCUT2D eigenvalue weighted by molar-refractivity contribution is 0.307. The fourth-order valence-corrected chi connectivity index (χ4v) is 2.85. The van der Waals surface area contributed by atoms with E-state index in [0.717, 1.165) is 13.0 Å². The van der Waals surface area contributed by atoms with Crippen LogP contribution < -0.4 is 10.0 Å². The van der Waals surface area contributed by atoms with E-state index in [4.69, 9.17) is 0 Å². The summed E-state index contributed by atoms with van der Waals surface area (Å²) in [6.07, 6.45) is 4.54. The minimum Gasteiger partial charge on any atom is -0.316 e. The van der Waals surface area contributed by atoms with E-state index in [1.54, 1.807) is 0 Å². The number of rotatable bonds is 8. The van der Waals surface area contributed by atoms with Crippen molar-refractivity contribution in [1.82, 2.24) is 10.0 Å². The van der Waals surface area contributed by atoms with Gasteiger partial charge in [-0.15, -0.1) is 12.4 Å². The molecule has 0 aromatic rings. The second-order valence-electron chi connectivity index (χ2n) is 4.15. The van der Waals surface area contributed by atoms with Gasteiger partial charge < -0.3 is 5.32 Å². The zero-order chi connectivity index (χ0) is 11.1. The molecule has 0 atom stereocenters. The molecule has 0 amide bonds. The molecule has 1 aliphatic rings. The molecule has 0 saturated heterocycles. The molecule has 1 fully saturated rings. The topological polar surface area (TPSA) is 58.2 Å². The Kier molecular flexibility index (Phi) is 8.36. The molecule has 4 nitrogen and oxygen atoms in total. The Morgan fingerprint density at radius 1 is 1.25 bits per heavy atom. The van der Waals surface area contributed by atoms with Gasteiger partial charge in [-0.3, -0.25) is 0 Å². The van der Waals surface area contributed by atoms with Gasteiger partial charge in [0, 0.05) is 13.1 Å². The molecule has 0 bridgehead atoms.